The van der Waals surface area contributed by atoms with Crippen molar-refractivity contribution in [3.63, 3.8) is 0 Å². The number of nitrogens with two attached hydrogens (primary N) is 1. The SMILES string of the molecule is COc1ccc(Cl)c(-n2cc(N)nn2)c1. The number of rotatable bonds is 2. The fourth-order valence-corrected chi connectivity index (χ4v) is 1.39. The Morgan fingerprint density at radius 1 is 1.47 bits per heavy atom. The predicted octanol–water partition coefficient (Wildman–Crippen LogP) is 1.51. The topological polar surface area (TPSA) is 66.0 Å². The maximum atomic E-state index is 6.01. The van der Waals surface area contributed by atoms with Crippen LogP contribution in [0, 0.1) is 0 Å². The standard InChI is InChI=1S/C9H9ClN4O/c1-15-6-2-3-7(10)8(4-6)14-5-9(11)12-13-14/h2-5H,11H2,1H3. The van der Waals surface area contributed by atoms with E-state index in [-0.39, 0.29) is 0 Å². The highest BCUT2D eigenvalue weighted by molar-refractivity contribution is 6.32. The van der Waals surface area contributed by atoms with Gasteiger partial charge < -0.3 is 10.5 Å². The molecule has 2 N–H and O–H groups in total. The summed E-state index contributed by atoms with van der Waals surface area (Å²) >= 11 is 6.01. The van der Waals surface area contributed by atoms with Crippen molar-refractivity contribution in [3.05, 3.63) is 29.4 Å². The van der Waals surface area contributed by atoms with E-state index in [1.807, 2.05) is 0 Å². The van der Waals surface area contributed by atoms with Crippen LogP contribution in [-0.2, 0) is 0 Å². The van der Waals surface area contributed by atoms with E-state index in [4.69, 9.17) is 22.1 Å². The van der Waals surface area contributed by atoms with Crippen LogP contribution < -0.4 is 10.5 Å². The minimum atomic E-state index is 0.342. The average Bonchev–Trinajstić information content (AvgIpc) is 2.65. The number of anilines is 1. The number of benzene rings is 1. The van der Waals surface area contributed by atoms with Gasteiger partial charge in [-0.05, 0) is 12.1 Å². The minimum absolute atomic E-state index is 0.342. The molecule has 0 aliphatic rings. The molecule has 0 atom stereocenters. The molecule has 0 fully saturated rings. The highest BCUT2D eigenvalue weighted by atomic mass is 35.5. The summed E-state index contributed by atoms with van der Waals surface area (Å²) in [6.07, 6.45) is 1.58. The summed E-state index contributed by atoms with van der Waals surface area (Å²) in [6, 6.07) is 5.26. The maximum absolute atomic E-state index is 6.01. The van der Waals surface area contributed by atoms with Crippen molar-refractivity contribution in [1.82, 2.24) is 15.0 Å². The van der Waals surface area contributed by atoms with Crippen molar-refractivity contribution in [2.45, 2.75) is 0 Å². The first kappa shape index (κ1) is 9.79. The van der Waals surface area contributed by atoms with Crippen LogP contribution in [0.25, 0.3) is 5.69 Å². The van der Waals surface area contributed by atoms with Crippen molar-refractivity contribution in [1.29, 1.82) is 0 Å². The summed E-state index contributed by atoms with van der Waals surface area (Å²) in [6.45, 7) is 0. The molecule has 0 spiro atoms. The molecule has 0 bridgehead atoms. The quantitative estimate of drug-likeness (QED) is 0.840. The second kappa shape index (κ2) is 3.78. The summed E-state index contributed by atoms with van der Waals surface area (Å²) in [5.74, 6) is 1.04. The number of nitrogens with zero attached hydrogens (tertiary/aromatic N) is 3. The second-order valence-corrected chi connectivity index (χ2v) is 3.31. The molecule has 1 aromatic heterocycles. The molecule has 5 nitrogen and oxygen atoms in total. The van der Waals surface area contributed by atoms with Gasteiger partial charge in [0.25, 0.3) is 0 Å². The van der Waals surface area contributed by atoms with E-state index in [9.17, 15) is 0 Å². The van der Waals surface area contributed by atoms with Crippen molar-refractivity contribution in [2.75, 3.05) is 12.8 Å². The molecule has 1 aromatic carbocycles. The van der Waals surface area contributed by atoms with Gasteiger partial charge in [0, 0.05) is 6.07 Å². The Hall–Kier alpha value is -1.75. The lowest BCUT2D eigenvalue weighted by molar-refractivity contribution is 0.414. The average molecular weight is 225 g/mol. The molecule has 0 amide bonds. The Bertz CT molecular complexity index is 483. The van der Waals surface area contributed by atoms with E-state index in [0.29, 0.717) is 22.3 Å². The first-order chi connectivity index (χ1) is 7.20. The molecule has 1 heterocycles. The van der Waals surface area contributed by atoms with Gasteiger partial charge in [-0.15, -0.1) is 5.10 Å². The number of hydrogen-bond acceptors (Lipinski definition) is 4. The molecule has 0 aliphatic heterocycles. The highest BCUT2D eigenvalue weighted by Crippen LogP contribution is 2.24. The Kier molecular flexibility index (Phi) is 2.47. The molecule has 78 valence electrons. The zero-order chi connectivity index (χ0) is 10.8. The predicted molar refractivity (Wildman–Crippen MR) is 57.3 cm³/mol. The molecular weight excluding hydrogens is 216 g/mol. The molecule has 0 radical (unpaired) electrons. The number of nitrogen functional groups attached to an aromatic ring is 1. The molecule has 0 saturated carbocycles. The zero-order valence-electron chi connectivity index (χ0n) is 8.01. The number of aromatic nitrogens is 3. The Labute approximate surface area is 91.4 Å². The molecular formula is C9H9ClN4O. The lowest BCUT2D eigenvalue weighted by atomic mass is 10.3. The summed E-state index contributed by atoms with van der Waals surface area (Å²) in [7, 11) is 1.59. The van der Waals surface area contributed by atoms with E-state index >= 15 is 0 Å². The van der Waals surface area contributed by atoms with Crippen molar-refractivity contribution in [2.24, 2.45) is 0 Å². The monoisotopic (exact) mass is 224 g/mol. The molecule has 6 heteroatoms. The second-order valence-electron chi connectivity index (χ2n) is 2.91. The lowest BCUT2D eigenvalue weighted by Crippen LogP contribution is -1.96. The fraction of sp³-hybridized carbons (Fsp3) is 0.111. The summed E-state index contributed by atoms with van der Waals surface area (Å²) in [4.78, 5) is 0. The third-order valence-corrected chi connectivity index (χ3v) is 2.23. The first-order valence-electron chi connectivity index (χ1n) is 4.22. The van der Waals surface area contributed by atoms with Gasteiger partial charge in [-0.1, -0.05) is 16.8 Å². The van der Waals surface area contributed by atoms with Gasteiger partial charge in [-0.2, -0.15) is 0 Å². The number of halogens is 1. The van der Waals surface area contributed by atoms with E-state index in [1.54, 1.807) is 31.5 Å². The Morgan fingerprint density at radius 3 is 2.87 bits per heavy atom. The van der Waals surface area contributed by atoms with Gasteiger partial charge in [0.2, 0.25) is 0 Å². The maximum Gasteiger partial charge on any atom is 0.166 e. The van der Waals surface area contributed by atoms with E-state index < -0.39 is 0 Å². The third-order valence-electron chi connectivity index (χ3n) is 1.91. The van der Waals surface area contributed by atoms with Gasteiger partial charge in [0.05, 0.1) is 24.0 Å². The molecule has 2 rings (SSSR count). The summed E-state index contributed by atoms with van der Waals surface area (Å²) in [5.41, 5.74) is 6.15. The number of hydrogen-bond donors (Lipinski definition) is 1. The Balaban J connectivity index is 2.51. The van der Waals surface area contributed by atoms with E-state index in [2.05, 4.69) is 10.3 Å². The van der Waals surface area contributed by atoms with Gasteiger partial charge in [-0.3, -0.25) is 0 Å². The van der Waals surface area contributed by atoms with Crippen molar-refractivity contribution in [3.8, 4) is 11.4 Å². The van der Waals surface area contributed by atoms with Gasteiger partial charge >= 0.3 is 0 Å². The lowest BCUT2D eigenvalue weighted by Gasteiger charge is -2.05. The van der Waals surface area contributed by atoms with Gasteiger partial charge in [0.15, 0.2) is 5.82 Å². The molecule has 0 saturated heterocycles. The zero-order valence-corrected chi connectivity index (χ0v) is 8.77. The van der Waals surface area contributed by atoms with Gasteiger partial charge in [-0.25, -0.2) is 4.68 Å². The molecule has 0 aliphatic carbocycles. The molecule has 0 unspecified atom stereocenters. The van der Waals surface area contributed by atoms with Crippen LogP contribution in [0.2, 0.25) is 5.02 Å². The largest absolute Gasteiger partial charge is 0.497 e. The van der Waals surface area contributed by atoms with Crippen molar-refractivity contribution >= 4 is 17.4 Å². The fourth-order valence-electron chi connectivity index (χ4n) is 1.19. The van der Waals surface area contributed by atoms with Crippen LogP contribution in [0.3, 0.4) is 0 Å². The smallest absolute Gasteiger partial charge is 0.166 e. The molecule has 2 aromatic rings. The van der Waals surface area contributed by atoms with E-state index in [0.717, 1.165) is 0 Å². The summed E-state index contributed by atoms with van der Waals surface area (Å²) < 4.78 is 6.59. The van der Waals surface area contributed by atoms with E-state index in [1.165, 1.54) is 4.68 Å². The van der Waals surface area contributed by atoms with Crippen LogP contribution >= 0.6 is 11.6 Å². The van der Waals surface area contributed by atoms with Crippen LogP contribution in [-0.4, -0.2) is 22.1 Å². The summed E-state index contributed by atoms with van der Waals surface area (Å²) in [5, 5.41) is 8.06. The normalized spacial score (nSPS) is 10.3. The molecule has 15 heavy (non-hydrogen) atoms. The van der Waals surface area contributed by atoms with Crippen LogP contribution in [0.4, 0.5) is 5.82 Å². The Morgan fingerprint density at radius 2 is 2.27 bits per heavy atom. The highest BCUT2D eigenvalue weighted by Gasteiger charge is 2.06. The van der Waals surface area contributed by atoms with Crippen LogP contribution in [0.1, 0.15) is 0 Å². The van der Waals surface area contributed by atoms with Gasteiger partial charge in [0.1, 0.15) is 5.75 Å². The van der Waals surface area contributed by atoms with Crippen molar-refractivity contribution < 1.29 is 4.74 Å². The first-order valence-corrected chi connectivity index (χ1v) is 4.60. The number of methoxy groups -OCH3 is 1. The number of ether oxygens (including phenoxy) is 1. The third kappa shape index (κ3) is 1.87. The van der Waals surface area contributed by atoms with Crippen LogP contribution in [0.5, 0.6) is 5.75 Å². The minimum Gasteiger partial charge on any atom is -0.497 e. The van der Waals surface area contributed by atoms with Crippen LogP contribution in [0.15, 0.2) is 24.4 Å².